The highest BCUT2D eigenvalue weighted by atomic mass is 16.2. The Morgan fingerprint density at radius 3 is 2.36 bits per heavy atom. The lowest BCUT2D eigenvalue weighted by Gasteiger charge is -2.28. The Morgan fingerprint density at radius 1 is 1.36 bits per heavy atom. The lowest BCUT2D eigenvalue weighted by Crippen LogP contribution is -2.43. The van der Waals surface area contributed by atoms with Crippen LogP contribution in [0.4, 0.5) is 0 Å². The number of nitrogens with zero attached hydrogens (tertiary/aromatic N) is 1. The molecule has 1 aliphatic heterocycles. The Morgan fingerprint density at radius 2 is 1.93 bits per heavy atom. The summed E-state index contributed by atoms with van der Waals surface area (Å²) in [6.07, 6.45) is 0.222. The standard InChI is InChI=1S/C11H22N2O/c1-7(2)6-13-10(8(3)4)12-9(5)11(13)14/h7-10,12H,6H2,1-5H3. The van der Waals surface area contributed by atoms with Crippen LogP contribution in [0.3, 0.4) is 0 Å². The molecule has 1 amide bonds. The van der Waals surface area contributed by atoms with Crippen LogP contribution in [0.1, 0.15) is 34.6 Å². The van der Waals surface area contributed by atoms with Gasteiger partial charge in [0.2, 0.25) is 5.91 Å². The van der Waals surface area contributed by atoms with Crippen LogP contribution in [0.2, 0.25) is 0 Å². The molecule has 0 aromatic rings. The molecule has 0 aliphatic carbocycles. The molecule has 0 aromatic carbocycles. The van der Waals surface area contributed by atoms with Crippen molar-refractivity contribution >= 4 is 5.91 Å². The number of carbonyl (C=O) groups excluding carboxylic acids is 1. The van der Waals surface area contributed by atoms with Gasteiger partial charge in [-0.05, 0) is 18.8 Å². The van der Waals surface area contributed by atoms with E-state index in [0.29, 0.717) is 11.8 Å². The zero-order valence-corrected chi connectivity index (χ0v) is 9.87. The number of hydrogen-bond donors (Lipinski definition) is 1. The third-order valence-electron chi connectivity index (χ3n) is 2.60. The Labute approximate surface area is 86.9 Å². The van der Waals surface area contributed by atoms with E-state index < -0.39 is 0 Å². The first kappa shape index (κ1) is 11.5. The van der Waals surface area contributed by atoms with E-state index in [2.05, 4.69) is 33.0 Å². The molecule has 1 rings (SSSR count). The van der Waals surface area contributed by atoms with E-state index in [4.69, 9.17) is 0 Å². The monoisotopic (exact) mass is 198 g/mol. The molecule has 3 heteroatoms. The fourth-order valence-electron chi connectivity index (χ4n) is 1.95. The van der Waals surface area contributed by atoms with Crippen LogP contribution in [-0.2, 0) is 4.79 Å². The molecule has 3 nitrogen and oxygen atoms in total. The number of nitrogens with one attached hydrogen (secondary N) is 1. The lowest BCUT2D eigenvalue weighted by molar-refractivity contribution is -0.130. The molecule has 0 bridgehead atoms. The molecule has 2 atom stereocenters. The van der Waals surface area contributed by atoms with Crippen molar-refractivity contribution in [1.82, 2.24) is 10.2 Å². The molecule has 0 saturated carbocycles. The molecule has 1 fully saturated rings. The van der Waals surface area contributed by atoms with E-state index in [1.807, 2.05) is 11.8 Å². The van der Waals surface area contributed by atoms with Crippen LogP contribution in [0.25, 0.3) is 0 Å². The fourth-order valence-corrected chi connectivity index (χ4v) is 1.95. The zero-order chi connectivity index (χ0) is 10.9. The van der Waals surface area contributed by atoms with Crippen LogP contribution < -0.4 is 5.32 Å². The Bertz CT molecular complexity index is 213. The molecule has 2 unspecified atom stereocenters. The number of rotatable bonds is 3. The predicted molar refractivity (Wildman–Crippen MR) is 57.8 cm³/mol. The van der Waals surface area contributed by atoms with Crippen LogP contribution >= 0.6 is 0 Å². The van der Waals surface area contributed by atoms with E-state index in [-0.39, 0.29) is 18.1 Å². The van der Waals surface area contributed by atoms with Crippen LogP contribution in [-0.4, -0.2) is 29.6 Å². The molecule has 14 heavy (non-hydrogen) atoms. The summed E-state index contributed by atoms with van der Waals surface area (Å²) >= 11 is 0. The van der Waals surface area contributed by atoms with Crippen molar-refractivity contribution in [3.05, 3.63) is 0 Å². The second kappa shape index (κ2) is 4.30. The molecule has 1 saturated heterocycles. The quantitative estimate of drug-likeness (QED) is 0.744. The van der Waals surface area contributed by atoms with Crippen molar-refractivity contribution in [1.29, 1.82) is 0 Å². The first-order valence-corrected chi connectivity index (χ1v) is 5.50. The maximum absolute atomic E-state index is 11.8. The van der Waals surface area contributed by atoms with Crippen molar-refractivity contribution in [3.8, 4) is 0 Å². The second-order valence-corrected chi connectivity index (χ2v) is 4.96. The maximum Gasteiger partial charge on any atom is 0.240 e. The van der Waals surface area contributed by atoms with E-state index in [1.54, 1.807) is 0 Å². The van der Waals surface area contributed by atoms with Gasteiger partial charge in [-0.15, -0.1) is 0 Å². The van der Waals surface area contributed by atoms with Crippen LogP contribution in [0, 0.1) is 11.8 Å². The molecule has 0 spiro atoms. The highest BCUT2D eigenvalue weighted by Crippen LogP contribution is 2.18. The zero-order valence-electron chi connectivity index (χ0n) is 9.87. The van der Waals surface area contributed by atoms with Gasteiger partial charge in [0.05, 0.1) is 12.2 Å². The second-order valence-electron chi connectivity index (χ2n) is 4.96. The van der Waals surface area contributed by atoms with Crippen molar-refractivity contribution in [2.24, 2.45) is 11.8 Å². The molecular weight excluding hydrogens is 176 g/mol. The summed E-state index contributed by atoms with van der Waals surface area (Å²) in [6.45, 7) is 11.4. The summed E-state index contributed by atoms with van der Waals surface area (Å²) in [6, 6.07) is -0.0128. The van der Waals surface area contributed by atoms with Gasteiger partial charge in [-0.2, -0.15) is 0 Å². The van der Waals surface area contributed by atoms with E-state index in [1.165, 1.54) is 0 Å². The summed E-state index contributed by atoms with van der Waals surface area (Å²) in [4.78, 5) is 13.8. The van der Waals surface area contributed by atoms with Gasteiger partial charge in [-0.25, -0.2) is 0 Å². The first-order valence-electron chi connectivity index (χ1n) is 5.50. The number of carbonyl (C=O) groups is 1. The minimum Gasteiger partial charge on any atom is -0.325 e. The molecular formula is C11H22N2O. The van der Waals surface area contributed by atoms with Crippen molar-refractivity contribution in [3.63, 3.8) is 0 Å². The molecule has 1 N–H and O–H groups in total. The maximum atomic E-state index is 11.8. The highest BCUT2D eigenvalue weighted by Gasteiger charge is 2.37. The van der Waals surface area contributed by atoms with Gasteiger partial charge in [0.25, 0.3) is 0 Å². The van der Waals surface area contributed by atoms with Gasteiger partial charge in [0, 0.05) is 6.54 Å². The molecule has 0 aromatic heterocycles. The number of amides is 1. The average molecular weight is 198 g/mol. The van der Waals surface area contributed by atoms with Crippen molar-refractivity contribution in [2.75, 3.05) is 6.54 Å². The van der Waals surface area contributed by atoms with E-state index in [0.717, 1.165) is 6.54 Å². The molecule has 82 valence electrons. The molecule has 1 aliphatic rings. The Kier molecular flexibility index (Phi) is 3.53. The smallest absolute Gasteiger partial charge is 0.240 e. The minimum absolute atomic E-state index is 0.0128. The van der Waals surface area contributed by atoms with Gasteiger partial charge in [0.1, 0.15) is 0 Å². The normalized spacial score (nSPS) is 28.2. The van der Waals surface area contributed by atoms with Crippen molar-refractivity contribution in [2.45, 2.75) is 46.8 Å². The fraction of sp³-hybridized carbons (Fsp3) is 0.909. The van der Waals surface area contributed by atoms with Gasteiger partial charge < -0.3 is 4.90 Å². The summed E-state index contributed by atoms with van der Waals surface area (Å²) in [5.41, 5.74) is 0. The summed E-state index contributed by atoms with van der Waals surface area (Å²) in [7, 11) is 0. The SMILES string of the molecule is CC(C)CN1C(=O)C(C)NC1C(C)C. The van der Waals surface area contributed by atoms with Crippen molar-refractivity contribution < 1.29 is 4.79 Å². The Balaban J connectivity index is 2.71. The summed E-state index contributed by atoms with van der Waals surface area (Å²) < 4.78 is 0. The van der Waals surface area contributed by atoms with E-state index >= 15 is 0 Å². The Hall–Kier alpha value is -0.570. The van der Waals surface area contributed by atoms with Crippen LogP contribution in [0.5, 0.6) is 0 Å². The molecule has 1 heterocycles. The minimum atomic E-state index is -0.0128. The lowest BCUT2D eigenvalue weighted by atomic mass is 10.1. The number of hydrogen-bond acceptors (Lipinski definition) is 2. The predicted octanol–water partition coefficient (Wildman–Crippen LogP) is 1.44. The van der Waals surface area contributed by atoms with Gasteiger partial charge >= 0.3 is 0 Å². The third kappa shape index (κ3) is 2.27. The van der Waals surface area contributed by atoms with Gasteiger partial charge in [0.15, 0.2) is 0 Å². The largest absolute Gasteiger partial charge is 0.325 e. The third-order valence-corrected chi connectivity index (χ3v) is 2.60. The average Bonchev–Trinajstić information content (AvgIpc) is 2.32. The van der Waals surface area contributed by atoms with Crippen LogP contribution in [0.15, 0.2) is 0 Å². The highest BCUT2D eigenvalue weighted by molar-refractivity contribution is 5.83. The summed E-state index contributed by atoms with van der Waals surface area (Å²) in [5.74, 6) is 1.26. The first-order chi connectivity index (χ1) is 6.43. The molecule has 0 radical (unpaired) electrons. The van der Waals surface area contributed by atoms with Gasteiger partial charge in [-0.1, -0.05) is 27.7 Å². The van der Waals surface area contributed by atoms with Gasteiger partial charge in [-0.3, -0.25) is 10.1 Å². The summed E-state index contributed by atoms with van der Waals surface area (Å²) in [5, 5.41) is 3.33. The van der Waals surface area contributed by atoms with E-state index in [9.17, 15) is 4.79 Å². The topological polar surface area (TPSA) is 32.3 Å².